The first kappa shape index (κ1) is 15.7. The van der Waals surface area contributed by atoms with Crippen molar-refractivity contribution in [2.45, 2.75) is 52.3 Å². The lowest BCUT2D eigenvalue weighted by Gasteiger charge is -2.22. The molecule has 1 atom stereocenters. The Morgan fingerprint density at radius 3 is 2.25 bits per heavy atom. The van der Waals surface area contributed by atoms with Gasteiger partial charge in [-0.2, -0.15) is 13.2 Å². The van der Waals surface area contributed by atoms with Crippen LogP contribution in [0.1, 0.15) is 40.0 Å². The van der Waals surface area contributed by atoms with Gasteiger partial charge in [0.15, 0.2) is 0 Å². The van der Waals surface area contributed by atoms with Crippen LogP contribution >= 0.6 is 0 Å². The summed E-state index contributed by atoms with van der Waals surface area (Å²) in [4.78, 5) is 0. The highest BCUT2D eigenvalue weighted by molar-refractivity contribution is 4.69. The van der Waals surface area contributed by atoms with Gasteiger partial charge in [-0.25, -0.2) is 0 Å². The predicted molar refractivity (Wildman–Crippen MR) is 58.2 cm³/mol. The van der Waals surface area contributed by atoms with E-state index in [9.17, 15) is 13.2 Å². The molecule has 0 aliphatic carbocycles. The molecule has 0 fully saturated rings. The van der Waals surface area contributed by atoms with Crippen LogP contribution in [0, 0.1) is 5.41 Å². The number of halogens is 3. The Morgan fingerprint density at radius 2 is 1.81 bits per heavy atom. The molecule has 0 amide bonds. The minimum atomic E-state index is -4.10. The van der Waals surface area contributed by atoms with Crippen molar-refractivity contribution in [3.8, 4) is 0 Å². The van der Waals surface area contributed by atoms with Crippen molar-refractivity contribution < 1.29 is 18.3 Å². The molecule has 0 aromatic rings. The van der Waals surface area contributed by atoms with Gasteiger partial charge in [-0.1, -0.05) is 13.8 Å². The molecule has 0 aromatic heterocycles. The fourth-order valence-electron chi connectivity index (χ4n) is 1.41. The van der Waals surface area contributed by atoms with Gasteiger partial charge in [-0.15, -0.1) is 0 Å². The molecule has 0 aliphatic heterocycles. The van der Waals surface area contributed by atoms with E-state index in [0.717, 1.165) is 12.8 Å². The molecule has 0 aliphatic rings. The average Bonchev–Trinajstić information content (AvgIpc) is 2.10. The van der Waals surface area contributed by atoms with E-state index in [4.69, 9.17) is 5.11 Å². The van der Waals surface area contributed by atoms with Crippen LogP contribution in [-0.2, 0) is 0 Å². The van der Waals surface area contributed by atoms with E-state index in [0.29, 0.717) is 6.54 Å². The lowest BCUT2D eigenvalue weighted by Crippen LogP contribution is -2.32. The van der Waals surface area contributed by atoms with Gasteiger partial charge in [0.25, 0.3) is 0 Å². The van der Waals surface area contributed by atoms with E-state index >= 15 is 0 Å². The molecule has 0 saturated heterocycles. The second-order valence-corrected chi connectivity index (χ2v) is 5.10. The van der Waals surface area contributed by atoms with Crippen LogP contribution in [0.2, 0.25) is 0 Å². The van der Waals surface area contributed by atoms with Gasteiger partial charge in [0.2, 0.25) is 0 Å². The first-order chi connectivity index (χ1) is 7.16. The fourth-order valence-corrected chi connectivity index (χ4v) is 1.41. The molecule has 0 rings (SSSR count). The molecule has 2 N–H and O–H groups in total. The van der Waals surface area contributed by atoms with Crippen molar-refractivity contribution in [3.05, 3.63) is 0 Å². The molecular weight excluding hydrogens is 219 g/mol. The summed E-state index contributed by atoms with van der Waals surface area (Å²) in [6, 6.07) is -0.544. The number of hydrogen-bond donors (Lipinski definition) is 2. The highest BCUT2D eigenvalue weighted by atomic mass is 19.4. The van der Waals surface area contributed by atoms with Crippen molar-refractivity contribution in [2.24, 2.45) is 5.41 Å². The van der Waals surface area contributed by atoms with Gasteiger partial charge in [-0.3, -0.25) is 0 Å². The third-order valence-electron chi connectivity index (χ3n) is 2.49. The molecule has 0 radical (unpaired) electrons. The van der Waals surface area contributed by atoms with Crippen LogP contribution in [0.3, 0.4) is 0 Å². The zero-order valence-electron chi connectivity index (χ0n) is 10.2. The first-order valence-electron chi connectivity index (χ1n) is 5.57. The van der Waals surface area contributed by atoms with Crippen LogP contribution in [0.25, 0.3) is 0 Å². The summed E-state index contributed by atoms with van der Waals surface area (Å²) in [6.07, 6.45) is -3.32. The van der Waals surface area contributed by atoms with E-state index in [-0.39, 0.29) is 12.0 Å². The van der Waals surface area contributed by atoms with Crippen LogP contribution in [0.15, 0.2) is 0 Å². The Morgan fingerprint density at radius 1 is 1.25 bits per heavy atom. The Labute approximate surface area is 95.2 Å². The number of aliphatic hydroxyl groups excluding tert-OH is 1. The van der Waals surface area contributed by atoms with Gasteiger partial charge in [-0.05, 0) is 31.7 Å². The molecule has 16 heavy (non-hydrogen) atoms. The maximum Gasteiger partial charge on any atom is 0.390 e. The second-order valence-electron chi connectivity index (χ2n) is 5.10. The lowest BCUT2D eigenvalue weighted by atomic mass is 9.89. The molecule has 5 heteroatoms. The van der Waals surface area contributed by atoms with Crippen LogP contribution in [-0.4, -0.2) is 30.5 Å². The Hall–Kier alpha value is -0.290. The van der Waals surface area contributed by atoms with Gasteiger partial charge in [0, 0.05) is 12.6 Å². The average molecular weight is 241 g/mol. The second kappa shape index (κ2) is 6.45. The van der Waals surface area contributed by atoms with Crippen molar-refractivity contribution in [1.29, 1.82) is 0 Å². The normalized spacial score (nSPS) is 15.2. The summed E-state index contributed by atoms with van der Waals surface area (Å²) < 4.78 is 36.0. The first-order valence-corrected chi connectivity index (χ1v) is 5.57. The third-order valence-corrected chi connectivity index (χ3v) is 2.49. The molecule has 0 saturated carbocycles. The number of nitrogens with one attached hydrogen (secondary N) is 1. The molecule has 0 bridgehead atoms. The smallest absolute Gasteiger partial charge is 0.390 e. The third kappa shape index (κ3) is 8.97. The summed E-state index contributed by atoms with van der Waals surface area (Å²) in [6.45, 7) is 6.06. The standard InChI is InChI=1S/C11H22F3NO/c1-9(7-11(12,13)14)15-6-4-5-10(2,3)8-16/h9,15-16H,4-8H2,1-3H3. The molecule has 2 nitrogen and oxygen atoms in total. The molecular formula is C11H22F3NO. The largest absolute Gasteiger partial charge is 0.396 e. The molecule has 0 spiro atoms. The van der Waals surface area contributed by atoms with Crippen molar-refractivity contribution in [2.75, 3.05) is 13.2 Å². The predicted octanol–water partition coefficient (Wildman–Crippen LogP) is 2.72. The molecule has 98 valence electrons. The van der Waals surface area contributed by atoms with Gasteiger partial charge >= 0.3 is 6.18 Å². The van der Waals surface area contributed by atoms with Crippen molar-refractivity contribution in [1.82, 2.24) is 5.32 Å². The van der Waals surface area contributed by atoms with E-state index in [2.05, 4.69) is 5.32 Å². The zero-order chi connectivity index (χ0) is 12.8. The number of hydrogen-bond acceptors (Lipinski definition) is 2. The van der Waals surface area contributed by atoms with Crippen LogP contribution < -0.4 is 5.32 Å². The van der Waals surface area contributed by atoms with Gasteiger partial charge < -0.3 is 10.4 Å². The summed E-state index contributed by atoms with van der Waals surface area (Å²) in [5, 5.41) is 11.8. The summed E-state index contributed by atoms with van der Waals surface area (Å²) in [5.41, 5.74) is -0.144. The number of alkyl halides is 3. The molecule has 1 unspecified atom stereocenters. The van der Waals surface area contributed by atoms with Crippen molar-refractivity contribution >= 4 is 0 Å². The minimum absolute atomic E-state index is 0.102. The monoisotopic (exact) mass is 241 g/mol. The fraction of sp³-hybridized carbons (Fsp3) is 1.00. The van der Waals surface area contributed by atoms with Crippen molar-refractivity contribution in [3.63, 3.8) is 0 Å². The number of aliphatic hydroxyl groups is 1. The Kier molecular flexibility index (Phi) is 6.33. The van der Waals surface area contributed by atoms with Gasteiger partial charge in [0.1, 0.15) is 0 Å². The van der Waals surface area contributed by atoms with E-state index in [1.165, 1.54) is 6.92 Å². The Balaban J connectivity index is 3.60. The summed E-state index contributed by atoms with van der Waals surface area (Å²) in [5.74, 6) is 0. The van der Waals surface area contributed by atoms with Gasteiger partial charge in [0.05, 0.1) is 6.42 Å². The number of rotatable bonds is 7. The molecule has 0 heterocycles. The summed E-state index contributed by atoms with van der Waals surface area (Å²) >= 11 is 0. The van der Waals surface area contributed by atoms with Crippen LogP contribution in [0.5, 0.6) is 0 Å². The summed E-state index contributed by atoms with van der Waals surface area (Å²) in [7, 11) is 0. The van der Waals surface area contributed by atoms with E-state index < -0.39 is 18.6 Å². The quantitative estimate of drug-likeness (QED) is 0.672. The van der Waals surface area contributed by atoms with E-state index in [1.807, 2.05) is 13.8 Å². The molecule has 0 aromatic carbocycles. The minimum Gasteiger partial charge on any atom is -0.396 e. The van der Waals surface area contributed by atoms with Crippen LogP contribution in [0.4, 0.5) is 13.2 Å². The topological polar surface area (TPSA) is 32.3 Å². The maximum absolute atomic E-state index is 12.0. The zero-order valence-corrected chi connectivity index (χ0v) is 10.2. The highest BCUT2D eigenvalue weighted by Crippen LogP contribution is 2.22. The Bertz CT molecular complexity index is 192. The highest BCUT2D eigenvalue weighted by Gasteiger charge is 2.29. The van der Waals surface area contributed by atoms with E-state index in [1.54, 1.807) is 0 Å². The lowest BCUT2D eigenvalue weighted by molar-refractivity contribution is -0.139. The SMILES string of the molecule is CC(CC(F)(F)F)NCCCC(C)(C)CO. The maximum atomic E-state index is 12.0.